The summed E-state index contributed by atoms with van der Waals surface area (Å²) in [6.45, 7) is 6.55. The second-order valence-electron chi connectivity index (χ2n) is 8.18. The predicted octanol–water partition coefficient (Wildman–Crippen LogP) is 7.07. The van der Waals surface area contributed by atoms with E-state index >= 15 is 0 Å². The lowest BCUT2D eigenvalue weighted by molar-refractivity contribution is 0.652. The maximum absolute atomic E-state index is 6.30. The number of pyridine rings is 2. The van der Waals surface area contributed by atoms with Crippen LogP contribution in [0, 0.1) is 6.92 Å². The molecule has 0 spiro atoms. The quantitative estimate of drug-likeness (QED) is 0.328. The van der Waals surface area contributed by atoms with E-state index in [9.17, 15) is 0 Å². The van der Waals surface area contributed by atoms with Crippen LogP contribution in [0.15, 0.2) is 77.3 Å². The highest BCUT2D eigenvalue weighted by molar-refractivity contribution is 6.08. The van der Waals surface area contributed by atoms with Gasteiger partial charge in [0.25, 0.3) is 0 Å². The molecular formula is C27H24N2O. The average molecular weight is 393 g/mol. The second-order valence-corrected chi connectivity index (χ2v) is 8.18. The Balaban J connectivity index is 1.63. The van der Waals surface area contributed by atoms with Gasteiger partial charge in [-0.05, 0) is 53.8 Å². The van der Waals surface area contributed by atoms with Crippen molar-refractivity contribution < 1.29 is 4.42 Å². The van der Waals surface area contributed by atoms with Crippen LogP contribution < -0.4 is 0 Å². The van der Waals surface area contributed by atoms with Gasteiger partial charge >= 0.3 is 0 Å². The Morgan fingerprint density at radius 2 is 1.73 bits per heavy atom. The van der Waals surface area contributed by atoms with Gasteiger partial charge in [0, 0.05) is 34.6 Å². The van der Waals surface area contributed by atoms with E-state index in [1.54, 1.807) is 0 Å². The van der Waals surface area contributed by atoms with Crippen LogP contribution in [0.1, 0.15) is 42.1 Å². The van der Waals surface area contributed by atoms with Crippen LogP contribution in [-0.4, -0.2) is 9.97 Å². The fourth-order valence-electron chi connectivity index (χ4n) is 4.13. The molecule has 3 heterocycles. The first-order valence-corrected chi connectivity index (χ1v) is 10.4. The van der Waals surface area contributed by atoms with Crippen molar-refractivity contribution in [2.75, 3.05) is 0 Å². The third-order valence-electron chi connectivity index (χ3n) is 5.69. The van der Waals surface area contributed by atoms with Gasteiger partial charge in [-0.2, -0.15) is 0 Å². The molecule has 0 unspecified atom stereocenters. The molecule has 0 aliphatic rings. The molecule has 148 valence electrons. The van der Waals surface area contributed by atoms with Gasteiger partial charge in [0.1, 0.15) is 5.58 Å². The largest absolute Gasteiger partial charge is 0.437 e. The number of aromatic nitrogens is 2. The molecule has 0 saturated heterocycles. The van der Waals surface area contributed by atoms with Crippen molar-refractivity contribution in [3.8, 4) is 11.3 Å². The van der Waals surface area contributed by atoms with Crippen molar-refractivity contribution in [2.24, 2.45) is 0 Å². The number of rotatable bonds is 4. The van der Waals surface area contributed by atoms with Gasteiger partial charge < -0.3 is 4.42 Å². The monoisotopic (exact) mass is 392 g/mol. The third-order valence-corrected chi connectivity index (χ3v) is 5.69. The molecule has 5 aromatic rings. The molecule has 3 heteroatoms. The summed E-state index contributed by atoms with van der Waals surface area (Å²) < 4.78 is 6.30. The van der Waals surface area contributed by atoms with Crippen molar-refractivity contribution in [1.29, 1.82) is 0 Å². The second kappa shape index (κ2) is 7.42. The molecule has 0 N–H and O–H groups in total. The van der Waals surface area contributed by atoms with Gasteiger partial charge in [-0.3, -0.25) is 4.98 Å². The van der Waals surface area contributed by atoms with Crippen LogP contribution in [-0.2, 0) is 6.42 Å². The van der Waals surface area contributed by atoms with Crippen molar-refractivity contribution in [1.82, 2.24) is 9.97 Å². The smallest absolute Gasteiger partial charge is 0.227 e. The van der Waals surface area contributed by atoms with Crippen molar-refractivity contribution in [2.45, 2.75) is 33.1 Å². The third kappa shape index (κ3) is 3.26. The first kappa shape index (κ1) is 18.6. The van der Waals surface area contributed by atoms with Gasteiger partial charge in [0.15, 0.2) is 0 Å². The van der Waals surface area contributed by atoms with Gasteiger partial charge in [0.2, 0.25) is 5.71 Å². The minimum absolute atomic E-state index is 0.448. The van der Waals surface area contributed by atoms with Gasteiger partial charge in [0.05, 0.1) is 5.69 Å². The molecule has 0 aliphatic heterocycles. The summed E-state index contributed by atoms with van der Waals surface area (Å²) in [5.41, 5.74) is 8.27. The topological polar surface area (TPSA) is 38.9 Å². The fourth-order valence-corrected chi connectivity index (χ4v) is 4.13. The Morgan fingerprint density at radius 3 is 2.53 bits per heavy atom. The SMILES string of the molecule is Cc1cnc(-c2cccc3c2oc2nc(Cc4ccccc4)ccc23)cc1C(C)C. The Hall–Kier alpha value is -3.46. The van der Waals surface area contributed by atoms with E-state index in [1.165, 1.54) is 16.7 Å². The summed E-state index contributed by atoms with van der Waals surface area (Å²) >= 11 is 0. The summed E-state index contributed by atoms with van der Waals surface area (Å²) in [7, 11) is 0. The molecule has 0 saturated carbocycles. The van der Waals surface area contributed by atoms with Crippen LogP contribution >= 0.6 is 0 Å². The molecule has 0 atom stereocenters. The number of nitrogens with zero attached hydrogens (tertiary/aromatic N) is 2. The van der Waals surface area contributed by atoms with Crippen LogP contribution in [0.2, 0.25) is 0 Å². The molecule has 0 amide bonds. The molecule has 0 bridgehead atoms. The van der Waals surface area contributed by atoms with E-state index in [4.69, 9.17) is 14.4 Å². The average Bonchev–Trinajstić information content (AvgIpc) is 3.12. The Morgan fingerprint density at radius 1 is 0.900 bits per heavy atom. The van der Waals surface area contributed by atoms with Crippen molar-refractivity contribution in [3.05, 3.63) is 95.3 Å². The summed E-state index contributed by atoms with van der Waals surface area (Å²) in [5, 5.41) is 2.12. The zero-order chi connectivity index (χ0) is 20.7. The number of hydrogen-bond acceptors (Lipinski definition) is 3. The van der Waals surface area contributed by atoms with E-state index in [2.05, 4.69) is 81.4 Å². The maximum atomic E-state index is 6.30. The molecule has 3 nitrogen and oxygen atoms in total. The zero-order valence-corrected chi connectivity index (χ0v) is 17.5. The number of aryl methyl sites for hydroxylation is 1. The van der Waals surface area contributed by atoms with E-state index < -0.39 is 0 Å². The number of para-hydroxylation sites is 1. The Bertz CT molecular complexity index is 1350. The normalized spacial score (nSPS) is 11.6. The highest BCUT2D eigenvalue weighted by Gasteiger charge is 2.15. The van der Waals surface area contributed by atoms with E-state index in [0.29, 0.717) is 11.6 Å². The molecule has 5 rings (SSSR count). The minimum atomic E-state index is 0.448. The highest BCUT2D eigenvalue weighted by Crippen LogP contribution is 2.35. The van der Waals surface area contributed by atoms with E-state index in [-0.39, 0.29) is 0 Å². The summed E-state index contributed by atoms with van der Waals surface area (Å²) in [6, 6.07) is 23.1. The Kier molecular flexibility index (Phi) is 4.59. The van der Waals surface area contributed by atoms with Crippen LogP contribution in [0.4, 0.5) is 0 Å². The lowest BCUT2D eigenvalue weighted by atomic mass is 9.97. The number of fused-ring (bicyclic) bond motifs is 3. The standard InChI is InChI=1S/C27H24N2O/c1-17(2)24-15-25(28-16-18(24)3)23-11-7-10-21-22-13-12-20(29-27(22)30-26(21)23)14-19-8-5-4-6-9-19/h4-13,15-17H,14H2,1-3H3. The number of furan rings is 1. The van der Waals surface area contributed by atoms with Gasteiger partial charge in [-0.25, -0.2) is 4.98 Å². The van der Waals surface area contributed by atoms with E-state index in [1.807, 2.05) is 12.3 Å². The molecule has 0 fully saturated rings. The van der Waals surface area contributed by atoms with Crippen molar-refractivity contribution in [3.63, 3.8) is 0 Å². The van der Waals surface area contributed by atoms with Gasteiger partial charge in [-0.15, -0.1) is 0 Å². The van der Waals surface area contributed by atoms with E-state index in [0.717, 1.165) is 39.7 Å². The van der Waals surface area contributed by atoms with Gasteiger partial charge in [-0.1, -0.05) is 56.3 Å². The minimum Gasteiger partial charge on any atom is -0.437 e. The summed E-state index contributed by atoms with van der Waals surface area (Å²) in [4.78, 5) is 9.52. The number of hydrogen-bond donors (Lipinski definition) is 0. The molecule has 0 aliphatic carbocycles. The van der Waals surface area contributed by atoms with Crippen molar-refractivity contribution >= 4 is 22.1 Å². The summed E-state index contributed by atoms with van der Waals surface area (Å²) in [5.74, 6) is 0.448. The molecule has 2 aromatic carbocycles. The molecule has 0 radical (unpaired) electrons. The first-order valence-electron chi connectivity index (χ1n) is 10.4. The number of benzene rings is 2. The Labute approximate surface area is 176 Å². The predicted molar refractivity (Wildman–Crippen MR) is 123 cm³/mol. The van der Waals surface area contributed by atoms with Crippen LogP contribution in [0.3, 0.4) is 0 Å². The fraction of sp³-hybridized carbons (Fsp3) is 0.185. The lowest BCUT2D eigenvalue weighted by Gasteiger charge is -2.11. The molecular weight excluding hydrogens is 368 g/mol. The summed E-state index contributed by atoms with van der Waals surface area (Å²) in [6.07, 6.45) is 2.75. The zero-order valence-electron chi connectivity index (χ0n) is 17.5. The first-order chi connectivity index (χ1) is 14.6. The maximum Gasteiger partial charge on any atom is 0.227 e. The van der Waals surface area contributed by atoms with Crippen LogP contribution in [0.25, 0.3) is 33.3 Å². The van der Waals surface area contributed by atoms with Crippen LogP contribution in [0.5, 0.6) is 0 Å². The molecule has 3 aromatic heterocycles. The molecule has 30 heavy (non-hydrogen) atoms. The highest BCUT2D eigenvalue weighted by atomic mass is 16.3. The lowest BCUT2D eigenvalue weighted by Crippen LogP contribution is -1.95.